The van der Waals surface area contributed by atoms with Crippen LogP contribution >= 0.6 is 0 Å². The first-order chi connectivity index (χ1) is 7.66. The van der Waals surface area contributed by atoms with Crippen molar-refractivity contribution >= 4 is 15.2 Å². The molecule has 16 heavy (non-hydrogen) atoms. The molecule has 3 nitrogen and oxygen atoms in total. The Morgan fingerprint density at radius 1 is 1.06 bits per heavy atom. The molecule has 0 aromatic heterocycles. The van der Waals surface area contributed by atoms with Gasteiger partial charge in [0.05, 0.1) is 0 Å². The zero-order valence-electron chi connectivity index (χ0n) is 10.7. The second-order valence-electron chi connectivity index (χ2n) is 4.46. The third-order valence-electron chi connectivity index (χ3n) is 2.77. The van der Waals surface area contributed by atoms with Crippen molar-refractivity contribution in [2.45, 2.75) is 70.9 Å². The van der Waals surface area contributed by atoms with E-state index >= 15 is 0 Å². The summed E-state index contributed by atoms with van der Waals surface area (Å²) < 4.78 is 4.77. The summed E-state index contributed by atoms with van der Waals surface area (Å²) in [6.45, 7) is 4.18. The number of unbranched alkanes of at least 4 members (excludes halogenated alkanes) is 7. The summed E-state index contributed by atoms with van der Waals surface area (Å²) in [6, 6.07) is 0.987. The lowest BCUT2D eigenvalue weighted by molar-refractivity contribution is 0.144. The first-order valence-corrected chi connectivity index (χ1v) is 9.00. The van der Waals surface area contributed by atoms with Gasteiger partial charge < -0.3 is 9.53 Å². The van der Waals surface area contributed by atoms with Crippen molar-refractivity contribution in [3.63, 3.8) is 0 Å². The van der Waals surface area contributed by atoms with E-state index in [1.807, 2.05) is 6.55 Å². The molecule has 4 heteroatoms. The average molecular weight is 246 g/mol. The van der Waals surface area contributed by atoms with Crippen LogP contribution in [-0.4, -0.2) is 20.3 Å². The molecule has 0 bridgehead atoms. The van der Waals surface area contributed by atoms with Crippen LogP contribution in [0.1, 0.15) is 58.3 Å². The maximum Gasteiger partial charge on any atom is 0.491 e. The minimum Gasteiger partial charge on any atom is -0.492 e. The lowest BCUT2D eigenvalue weighted by atomic mass is 10.1. The Kier molecular flexibility index (Phi) is 10.6. The summed E-state index contributed by atoms with van der Waals surface area (Å²) in [5.41, 5.74) is 0. The second kappa shape index (κ2) is 11.0. The van der Waals surface area contributed by atoms with E-state index < -0.39 is 15.2 Å². The second-order valence-corrected chi connectivity index (χ2v) is 6.89. The van der Waals surface area contributed by atoms with Crippen molar-refractivity contribution in [2.75, 3.05) is 0 Å². The van der Waals surface area contributed by atoms with Crippen molar-refractivity contribution in [3.8, 4) is 0 Å². The summed E-state index contributed by atoms with van der Waals surface area (Å²) in [7, 11) is -1.43. The third kappa shape index (κ3) is 11.6. The zero-order chi connectivity index (χ0) is 12.2. The third-order valence-corrected chi connectivity index (χ3v) is 4.59. The highest BCUT2D eigenvalue weighted by molar-refractivity contribution is 6.51. The summed E-state index contributed by atoms with van der Waals surface area (Å²) >= 11 is 0. The highest BCUT2D eigenvalue weighted by Gasteiger charge is 2.08. The van der Waals surface area contributed by atoms with Crippen LogP contribution in [0.3, 0.4) is 0 Å². The maximum absolute atomic E-state index is 10.3. The fraction of sp³-hybridized carbons (Fsp3) is 0.917. The van der Waals surface area contributed by atoms with Crippen molar-refractivity contribution in [1.82, 2.24) is 0 Å². The van der Waals surface area contributed by atoms with Gasteiger partial charge in [-0.15, -0.1) is 0 Å². The van der Waals surface area contributed by atoms with E-state index in [9.17, 15) is 4.79 Å². The van der Waals surface area contributed by atoms with Crippen LogP contribution in [0.15, 0.2) is 0 Å². The molecule has 0 fully saturated rings. The molecule has 1 atom stereocenters. The van der Waals surface area contributed by atoms with Gasteiger partial charge in [-0.3, -0.25) is 0 Å². The zero-order valence-corrected chi connectivity index (χ0v) is 11.9. The molecule has 0 heterocycles. The molecule has 0 aromatic carbocycles. The summed E-state index contributed by atoms with van der Waals surface area (Å²) in [6.07, 6.45) is 9.26. The Bertz CT molecular complexity index is 174. The summed E-state index contributed by atoms with van der Waals surface area (Å²) in [4.78, 5) is 10.3. The molecular formula is C12H26O3Si. The quantitative estimate of drug-likeness (QED) is 0.465. The molecule has 96 valence electrons. The smallest absolute Gasteiger partial charge is 0.491 e. The Morgan fingerprint density at radius 2 is 1.56 bits per heavy atom. The van der Waals surface area contributed by atoms with Crippen molar-refractivity contribution in [3.05, 3.63) is 0 Å². The van der Waals surface area contributed by atoms with Gasteiger partial charge in [0.2, 0.25) is 9.04 Å². The van der Waals surface area contributed by atoms with Crippen LogP contribution in [-0.2, 0) is 4.43 Å². The normalized spacial score (nSPS) is 12.4. The number of rotatable bonds is 10. The largest absolute Gasteiger partial charge is 0.492 e. The molecule has 0 saturated carbocycles. The van der Waals surface area contributed by atoms with E-state index in [1.165, 1.54) is 44.9 Å². The van der Waals surface area contributed by atoms with Crippen LogP contribution in [0, 0.1) is 0 Å². The van der Waals surface area contributed by atoms with Crippen molar-refractivity contribution in [1.29, 1.82) is 0 Å². The van der Waals surface area contributed by atoms with Crippen molar-refractivity contribution < 1.29 is 14.3 Å². The lowest BCUT2D eigenvalue weighted by Gasteiger charge is -2.08. The van der Waals surface area contributed by atoms with Gasteiger partial charge in [0, 0.05) is 0 Å². The Morgan fingerprint density at radius 3 is 2.06 bits per heavy atom. The van der Waals surface area contributed by atoms with Gasteiger partial charge in [0.1, 0.15) is 0 Å². The van der Waals surface area contributed by atoms with Crippen LogP contribution < -0.4 is 0 Å². The van der Waals surface area contributed by atoms with Gasteiger partial charge in [-0.05, 0) is 12.6 Å². The van der Waals surface area contributed by atoms with E-state index in [2.05, 4.69) is 6.92 Å². The van der Waals surface area contributed by atoms with E-state index in [0.29, 0.717) is 0 Å². The van der Waals surface area contributed by atoms with Gasteiger partial charge >= 0.3 is 6.16 Å². The van der Waals surface area contributed by atoms with Gasteiger partial charge in [-0.1, -0.05) is 58.3 Å². The van der Waals surface area contributed by atoms with Crippen LogP contribution in [0.5, 0.6) is 0 Å². The maximum atomic E-state index is 10.3. The van der Waals surface area contributed by atoms with Gasteiger partial charge in [-0.25, -0.2) is 4.79 Å². The number of hydrogen-bond acceptors (Lipinski definition) is 2. The molecule has 1 N–H and O–H groups in total. The molecule has 0 rings (SSSR count). The highest BCUT2D eigenvalue weighted by atomic mass is 28.3. The van der Waals surface area contributed by atoms with Gasteiger partial charge in [0.15, 0.2) is 0 Å². The molecule has 0 aromatic rings. The molecule has 0 amide bonds. The van der Waals surface area contributed by atoms with Crippen molar-refractivity contribution in [2.24, 2.45) is 0 Å². The van der Waals surface area contributed by atoms with Gasteiger partial charge in [0.25, 0.3) is 0 Å². The SMILES string of the molecule is CCCCCCCCCC[SiH](C)OC(=O)O. The standard InChI is InChI=1S/C12H26O3Si/c1-3-4-5-6-7-8-9-10-11-16(2)15-12(13)14/h16H,3-11H2,1-2H3,(H,13,14). The number of hydrogen-bond donors (Lipinski definition) is 1. The average Bonchev–Trinajstić information content (AvgIpc) is 2.21. The van der Waals surface area contributed by atoms with E-state index in [4.69, 9.17) is 9.53 Å². The van der Waals surface area contributed by atoms with Gasteiger partial charge in [-0.2, -0.15) is 0 Å². The predicted octanol–water partition coefficient (Wildman–Crippen LogP) is 4.18. The molecule has 0 radical (unpaired) electrons. The minimum atomic E-state index is -1.43. The minimum absolute atomic E-state index is 0.987. The molecule has 1 unspecified atom stereocenters. The van der Waals surface area contributed by atoms with E-state index in [-0.39, 0.29) is 0 Å². The van der Waals surface area contributed by atoms with E-state index in [1.54, 1.807) is 0 Å². The summed E-state index contributed by atoms with van der Waals surface area (Å²) in [5, 5.41) is 8.42. The Labute approximate surface area is 101 Å². The lowest BCUT2D eigenvalue weighted by Crippen LogP contribution is -2.16. The molecular weight excluding hydrogens is 220 g/mol. The fourth-order valence-corrected chi connectivity index (χ4v) is 3.12. The molecule has 0 aliphatic carbocycles. The fourth-order valence-electron chi connectivity index (χ4n) is 1.80. The first kappa shape index (κ1) is 15.5. The molecule has 0 saturated heterocycles. The van der Waals surface area contributed by atoms with Crippen LogP contribution in [0.4, 0.5) is 4.79 Å². The summed E-state index contributed by atoms with van der Waals surface area (Å²) in [5.74, 6) is 0. The topological polar surface area (TPSA) is 46.5 Å². The van der Waals surface area contributed by atoms with E-state index in [0.717, 1.165) is 12.5 Å². The number of carbonyl (C=O) groups is 1. The molecule has 0 spiro atoms. The Balaban J connectivity index is 3.11. The Hall–Kier alpha value is -0.513. The monoisotopic (exact) mass is 246 g/mol. The molecule has 0 aliphatic rings. The first-order valence-electron chi connectivity index (χ1n) is 6.56. The molecule has 0 aliphatic heterocycles. The highest BCUT2D eigenvalue weighted by Crippen LogP contribution is 2.11. The van der Waals surface area contributed by atoms with Crippen LogP contribution in [0.25, 0.3) is 0 Å². The predicted molar refractivity (Wildman–Crippen MR) is 69.5 cm³/mol. The van der Waals surface area contributed by atoms with Crippen LogP contribution in [0.2, 0.25) is 12.6 Å². The number of carboxylic acid groups (broad SMARTS) is 1.